The minimum Gasteiger partial charge on any atom is -0.475 e. The van der Waals surface area contributed by atoms with Crippen LogP contribution in [0.2, 0.25) is 0 Å². The molecule has 0 saturated heterocycles. The number of aromatic nitrogens is 1. The normalized spacial score (nSPS) is 15.6. The second-order valence-corrected chi connectivity index (χ2v) is 5.02. The Morgan fingerprint density at radius 2 is 1.95 bits per heavy atom. The van der Waals surface area contributed by atoms with Crippen LogP contribution in [-0.2, 0) is 16.1 Å². The first kappa shape index (κ1) is 13.5. The summed E-state index contributed by atoms with van der Waals surface area (Å²) in [6.07, 6.45) is 6.04. The molecule has 0 atom stereocenters. The quantitative estimate of drug-likeness (QED) is 0.483. The summed E-state index contributed by atoms with van der Waals surface area (Å²) < 4.78 is 1.84. The molecule has 1 heterocycles. The molecule has 0 amide bonds. The lowest BCUT2D eigenvalue weighted by molar-refractivity contribution is -0.148. The molecule has 2 rings (SSSR count). The number of carbonyl (C=O) groups is 3. The molecule has 0 aliphatic heterocycles. The van der Waals surface area contributed by atoms with Gasteiger partial charge in [-0.15, -0.1) is 0 Å². The highest BCUT2D eigenvalue weighted by molar-refractivity contribution is 6.37. The van der Waals surface area contributed by atoms with Crippen molar-refractivity contribution < 1.29 is 19.5 Å². The number of nitrogens with zero attached hydrogens (tertiary/aromatic N) is 1. The second kappa shape index (κ2) is 5.82. The summed E-state index contributed by atoms with van der Waals surface area (Å²) in [7, 11) is 0. The number of hydrogen-bond acceptors (Lipinski definition) is 3. The predicted octanol–water partition coefficient (Wildman–Crippen LogP) is 1.90. The third-order valence-corrected chi connectivity index (χ3v) is 3.60. The maximum Gasteiger partial charge on any atom is 0.372 e. The number of aliphatic carboxylic acids is 1. The zero-order valence-corrected chi connectivity index (χ0v) is 10.7. The fraction of sp³-hybridized carbons (Fsp3) is 0.500. The number of ketones is 2. The lowest BCUT2D eigenvalue weighted by atomic mass is 10.1. The van der Waals surface area contributed by atoms with Crippen molar-refractivity contribution in [3.05, 3.63) is 24.0 Å². The van der Waals surface area contributed by atoms with Crippen molar-refractivity contribution in [2.75, 3.05) is 0 Å². The molecule has 0 spiro atoms. The van der Waals surface area contributed by atoms with Crippen LogP contribution in [0, 0.1) is 5.92 Å². The topological polar surface area (TPSA) is 76.4 Å². The third kappa shape index (κ3) is 3.30. The molecular weight excluding hydrogens is 246 g/mol. The molecule has 1 aromatic heterocycles. The Hall–Kier alpha value is -1.91. The lowest BCUT2D eigenvalue weighted by Gasteiger charge is -2.13. The fourth-order valence-corrected chi connectivity index (χ4v) is 2.61. The van der Waals surface area contributed by atoms with Gasteiger partial charge in [-0.1, -0.05) is 12.8 Å². The number of Topliss-reactive ketones (excluding diaryl/α,β-unsaturated/α-hetero) is 2. The van der Waals surface area contributed by atoms with Crippen LogP contribution in [0.15, 0.2) is 18.3 Å². The third-order valence-electron chi connectivity index (χ3n) is 3.60. The summed E-state index contributed by atoms with van der Waals surface area (Å²) >= 11 is 0. The van der Waals surface area contributed by atoms with Crippen molar-refractivity contribution in [3.63, 3.8) is 0 Å². The number of carboxylic acids is 1. The molecule has 102 valence electrons. The highest BCUT2D eigenvalue weighted by Crippen LogP contribution is 2.26. The van der Waals surface area contributed by atoms with Crippen LogP contribution in [0.1, 0.15) is 42.6 Å². The Bertz CT molecular complexity index is 497. The Balaban J connectivity index is 2.03. The molecule has 1 aliphatic rings. The van der Waals surface area contributed by atoms with E-state index in [2.05, 4.69) is 0 Å². The molecule has 0 bridgehead atoms. The highest BCUT2D eigenvalue weighted by Gasteiger charge is 2.22. The predicted molar refractivity (Wildman–Crippen MR) is 68.0 cm³/mol. The molecule has 19 heavy (non-hydrogen) atoms. The maximum atomic E-state index is 11.9. The highest BCUT2D eigenvalue weighted by atomic mass is 16.4. The van der Waals surface area contributed by atoms with Crippen LogP contribution in [0.4, 0.5) is 0 Å². The van der Waals surface area contributed by atoms with Crippen molar-refractivity contribution in [3.8, 4) is 0 Å². The van der Waals surface area contributed by atoms with Crippen molar-refractivity contribution in [1.82, 2.24) is 4.57 Å². The van der Waals surface area contributed by atoms with E-state index in [1.54, 1.807) is 12.1 Å². The summed E-state index contributed by atoms with van der Waals surface area (Å²) in [4.78, 5) is 33.4. The number of hydrogen-bond donors (Lipinski definition) is 1. The van der Waals surface area contributed by atoms with Gasteiger partial charge in [0.25, 0.3) is 0 Å². The molecule has 1 saturated carbocycles. The molecular formula is C14H17NO4. The van der Waals surface area contributed by atoms with Gasteiger partial charge in [0.15, 0.2) is 5.78 Å². The van der Waals surface area contributed by atoms with Crippen LogP contribution >= 0.6 is 0 Å². The van der Waals surface area contributed by atoms with Crippen LogP contribution < -0.4 is 0 Å². The average Bonchev–Trinajstić information content (AvgIpc) is 3.00. The van der Waals surface area contributed by atoms with E-state index >= 15 is 0 Å². The minimum atomic E-state index is -1.55. The molecule has 0 unspecified atom stereocenters. The first-order chi connectivity index (χ1) is 9.08. The van der Waals surface area contributed by atoms with Crippen LogP contribution in [0.3, 0.4) is 0 Å². The van der Waals surface area contributed by atoms with Gasteiger partial charge in [-0.3, -0.25) is 9.59 Å². The van der Waals surface area contributed by atoms with Gasteiger partial charge in [-0.2, -0.15) is 0 Å². The second-order valence-electron chi connectivity index (χ2n) is 5.02. The van der Waals surface area contributed by atoms with Gasteiger partial charge >= 0.3 is 5.97 Å². The van der Waals surface area contributed by atoms with Gasteiger partial charge in [0, 0.05) is 12.7 Å². The molecule has 0 aromatic carbocycles. The van der Waals surface area contributed by atoms with Crippen molar-refractivity contribution in [2.24, 2.45) is 5.92 Å². The van der Waals surface area contributed by atoms with E-state index in [1.807, 2.05) is 10.8 Å². The SMILES string of the molecule is O=C(O)C(=O)CC(=O)c1cccn1CC1CCCC1. The van der Waals surface area contributed by atoms with E-state index < -0.39 is 24.0 Å². The molecule has 1 N–H and O–H groups in total. The fourth-order valence-electron chi connectivity index (χ4n) is 2.61. The maximum absolute atomic E-state index is 11.9. The lowest BCUT2D eigenvalue weighted by Crippen LogP contribution is -2.20. The molecule has 5 heteroatoms. The zero-order valence-electron chi connectivity index (χ0n) is 10.7. The van der Waals surface area contributed by atoms with Gasteiger partial charge in [0.2, 0.25) is 5.78 Å². The van der Waals surface area contributed by atoms with E-state index in [4.69, 9.17) is 5.11 Å². The Morgan fingerprint density at radius 3 is 2.58 bits per heavy atom. The van der Waals surface area contributed by atoms with Crippen LogP contribution in [0.5, 0.6) is 0 Å². The molecule has 1 fully saturated rings. The Labute approximate surface area is 111 Å². The summed E-state index contributed by atoms with van der Waals surface area (Å²) in [5, 5.41) is 8.52. The van der Waals surface area contributed by atoms with Crippen molar-refractivity contribution in [2.45, 2.75) is 38.6 Å². The average molecular weight is 263 g/mol. The van der Waals surface area contributed by atoms with Gasteiger partial charge in [-0.05, 0) is 30.9 Å². The summed E-state index contributed by atoms with van der Waals surface area (Å²) in [6.45, 7) is 0.773. The van der Waals surface area contributed by atoms with Gasteiger partial charge < -0.3 is 9.67 Å². The van der Waals surface area contributed by atoms with E-state index in [0.717, 1.165) is 6.54 Å². The summed E-state index contributed by atoms with van der Waals surface area (Å²) in [6, 6.07) is 3.40. The number of rotatable bonds is 6. The van der Waals surface area contributed by atoms with Crippen molar-refractivity contribution in [1.29, 1.82) is 0 Å². The first-order valence-corrected chi connectivity index (χ1v) is 6.52. The Morgan fingerprint density at radius 1 is 1.26 bits per heavy atom. The van der Waals surface area contributed by atoms with Gasteiger partial charge in [0.05, 0.1) is 12.1 Å². The first-order valence-electron chi connectivity index (χ1n) is 6.52. The molecule has 1 aliphatic carbocycles. The molecule has 0 radical (unpaired) electrons. The van der Waals surface area contributed by atoms with Crippen LogP contribution in [0.25, 0.3) is 0 Å². The van der Waals surface area contributed by atoms with E-state index in [0.29, 0.717) is 11.6 Å². The minimum absolute atomic E-state index is 0.421. The molecule has 5 nitrogen and oxygen atoms in total. The van der Waals surface area contributed by atoms with Crippen molar-refractivity contribution >= 4 is 17.5 Å². The number of carbonyl (C=O) groups excluding carboxylic acids is 2. The van der Waals surface area contributed by atoms with Crippen LogP contribution in [-0.4, -0.2) is 27.2 Å². The standard InChI is InChI=1S/C14H17NO4/c16-12(8-13(17)14(18)19)11-6-3-7-15(11)9-10-4-1-2-5-10/h3,6-7,10H,1-2,4-5,8-9H2,(H,18,19). The zero-order chi connectivity index (χ0) is 13.8. The van der Waals surface area contributed by atoms with E-state index in [9.17, 15) is 14.4 Å². The summed E-state index contributed by atoms with van der Waals surface area (Å²) in [5.41, 5.74) is 0.432. The van der Waals surface area contributed by atoms with E-state index in [1.165, 1.54) is 25.7 Å². The van der Waals surface area contributed by atoms with Gasteiger partial charge in [0.1, 0.15) is 0 Å². The summed E-state index contributed by atoms with van der Waals surface area (Å²) in [5.74, 6) is -2.45. The monoisotopic (exact) mass is 263 g/mol. The van der Waals surface area contributed by atoms with E-state index in [-0.39, 0.29) is 0 Å². The largest absolute Gasteiger partial charge is 0.475 e. The molecule has 1 aromatic rings. The smallest absolute Gasteiger partial charge is 0.372 e. The number of carboxylic acid groups (broad SMARTS) is 1. The van der Waals surface area contributed by atoms with Gasteiger partial charge in [-0.25, -0.2) is 4.79 Å². The Kier molecular flexibility index (Phi) is 4.14.